The second-order valence-corrected chi connectivity index (χ2v) is 9.86. The number of carbonyl (C=O) groups is 3. The number of carboxylic acid groups (broad SMARTS) is 1. The van der Waals surface area contributed by atoms with Gasteiger partial charge in [0.25, 0.3) is 11.5 Å². The zero-order valence-electron chi connectivity index (χ0n) is 19.8. The Morgan fingerprint density at radius 3 is 2.64 bits per heavy atom. The first-order chi connectivity index (χ1) is 17.2. The molecule has 0 radical (unpaired) electrons. The third-order valence-corrected chi connectivity index (χ3v) is 7.25. The third-order valence-electron chi connectivity index (χ3n) is 5.87. The van der Waals surface area contributed by atoms with Crippen LogP contribution in [0, 0.1) is 6.92 Å². The van der Waals surface area contributed by atoms with E-state index in [9.17, 15) is 19.2 Å². The number of aromatic nitrogens is 2. The van der Waals surface area contributed by atoms with E-state index in [1.807, 2.05) is 17.9 Å². The molecule has 2 aliphatic rings. The second-order valence-electron chi connectivity index (χ2n) is 8.19. The highest BCUT2D eigenvalue weighted by Gasteiger charge is 2.33. The summed E-state index contributed by atoms with van der Waals surface area (Å²) in [4.78, 5) is 59.4. The summed E-state index contributed by atoms with van der Waals surface area (Å²) in [7, 11) is 0. The molecule has 4 heterocycles. The number of anilines is 1. The van der Waals surface area contributed by atoms with Crippen LogP contribution in [0.15, 0.2) is 28.0 Å². The van der Waals surface area contributed by atoms with Crippen molar-refractivity contribution in [3.8, 4) is 0 Å². The zero-order valence-corrected chi connectivity index (χ0v) is 21.4. The molecule has 36 heavy (non-hydrogen) atoms. The van der Waals surface area contributed by atoms with E-state index in [0.717, 1.165) is 17.3 Å². The van der Waals surface area contributed by atoms with Gasteiger partial charge in [0.15, 0.2) is 0 Å². The highest BCUT2D eigenvalue weighted by atomic mass is 32.2. The van der Waals surface area contributed by atoms with Gasteiger partial charge in [-0.1, -0.05) is 30.0 Å². The molecule has 2 saturated heterocycles. The summed E-state index contributed by atoms with van der Waals surface area (Å²) >= 11 is 6.30. The summed E-state index contributed by atoms with van der Waals surface area (Å²) in [5.74, 6) is -1.07. The smallest absolute Gasteiger partial charge is 0.409 e. The Bertz CT molecular complexity index is 1330. The number of amides is 2. The molecule has 190 valence electrons. The van der Waals surface area contributed by atoms with E-state index in [1.54, 1.807) is 24.1 Å². The number of aryl methyl sites for hydroxylation is 1. The van der Waals surface area contributed by atoms with Crippen molar-refractivity contribution in [2.75, 3.05) is 44.2 Å². The number of carbonyl (C=O) groups excluding carboxylic acids is 2. The van der Waals surface area contributed by atoms with E-state index in [2.05, 4.69) is 0 Å². The van der Waals surface area contributed by atoms with Gasteiger partial charge in [0.1, 0.15) is 15.8 Å². The van der Waals surface area contributed by atoms with Crippen molar-refractivity contribution in [1.82, 2.24) is 19.2 Å². The molecule has 0 bridgehead atoms. The fraction of sp³-hybridized carbons (Fsp3) is 0.391. The van der Waals surface area contributed by atoms with Gasteiger partial charge < -0.3 is 19.6 Å². The van der Waals surface area contributed by atoms with Gasteiger partial charge in [0.2, 0.25) is 0 Å². The molecular weight excluding hydrogens is 506 g/mol. The van der Waals surface area contributed by atoms with Crippen molar-refractivity contribution < 1.29 is 24.2 Å². The number of hydrogen-bond acceptors (Lipinski definition) is 9. The maximum absolute atomic E-state index is 13.6. The van der Waals surface area contributed by atoms with Gasteiger partial charge in [-0.05, 0) is 31.6 Å². The first-order valence-electron chi connectivity index (χ1n) is 11.4. The molecular formula is C23H25N5O6S2. The average Bonchev–Trinajstić information content (AvgIpc) is 3.12. The van der Waals surface area contributed by atoms with E-state index >= 15 is 0 Å². The number of aliphatic carboxylic acids is 1. The number of hydrogen-bond donors (Lipinski definition) is 1. The van der Waals surface area contributed by atoms with Crippen LogP contribution in [-0.4, -0.2) is 85.9 Å². The number of ether oxygens (including phenoxy) is 1. The van der Waals surface area contributed by atoms with Crippen LogP contribution in [0.4, 0.5) is 10.6 Å². The number of carboxylic acids is 1. The topological polar surface area (TPSA) is 125 Å². The van der Waals surface area contributed by atoms with Crippen LogP contribution in [0.25, 0.3) is 11.7 Å². The van der Waals surface area contributed by atoms with Crippen molar-refractivity contribution in [2.45, 2.75) is 20.3 Å². The minimum Gasteiger partial charge on any atom is -0.481 e. The van der Waals surface area contributed by atoms with E-state index < -0.39 is 11.9 Å². The molecule has 2 amide bonds. The van der Waals surface area contributed by atoms with Gasteiger partial charge in [-0.25, -0.2) is 9.78 Å². The van der Waals surface area contributed by atoms with Crippen LogP contribution in [0.2, 0.25) is 0 Å². The molecule has 4 rings (SSSR count). The SMILES string of the molecule is CCOC(=O)N1CCN(c2nc3c(C)cccn3c(=O)c2C=C2SC(=S)N(CCC(=O)O)C2=O)CC1. The molecule has 13 heteroatoms. The third kappa shape index (κ3) is 5.07. The molecule has 11 nitrogen and oxygen atoms in total. The van der Waals surface area contributed by atoms with Crippen molar-refractivity contribution >= 4 is 63.8 Å². The van der Waals surface area contributed by atoms with Crippen LogP contribution >= 0.6 is 24.0 Å². The minimum atomic E-state index is -1.04. The van der Waals surface area contributed by atoms with Crippen LogP contribution in [-0.2, 0) is 14.3 Å². The maximum atomic E-state index is 13.6. The van der Waals surface area contributed by atoms with Crippen molar-refractivity contribution in [3.63, 3.8) is 0 Å². The number of nitrogens with zero attached hydrogens (tertiary/aromatic N) is 5. The molecule has 0 spiro atoms. The summed E-state index contributed by atoms with van der Waals surface area (Å²) in [6.45, 7) is 5.48. The van der Waals surface area contributed by atoms with Gasteiger partial charge in [-0.15, -0.1) is 0 Å². The molecule has 0 atom stereocenters. The van der Waals surface area contributed by atoms with Crippen LogP contribution in [0.5, 0.6) is 0 Å². The number of thiocarbonyl (C=S) groups is 1. The summed E-state index contributed by atoms with van der Waals surface area (Å²) in [6.07, 6.45) is 2.48. The zero-order chi connectivity index (χ0) is 26.0. The minimum absolute atomic E-state index is 0.0475. The molecule has 0 aromatic carbocycles. The predicted octanol–water partition coefficient (Wildman–Crippen LogP) is 1.96. The largest absolute Gasteiger partial charge is 0.481 e. The van der Waals surface area contributed by atoms with Gasteiger partial charge in [0, 0.05) is 38.9 Å². The summed E-state index contributed by atoms with van der Waals surface area (Å²) in [6, 6.07) is 3.61. The van der Waals surface area contributed by atoms with Gasteiger partial charge in [-0.3, -0.25) is 23.7 Å². The standard InChI is InChI=1S/C23H25N5O6S2/c1-3-34-22(33)26-11-9-25(10-12-26)19-15(20(31)27-7-4-5-14(2)18(27)24-19)13-16-21(32)28(23(35)36-16)8-6-17(29)30/h4-5,7,13H,3,6,8-12H2,1-2H3,(H,29,30). The molecule has 2 fully saturated rings. The van der Waals surface area contributed by atoms with Crippen LogP contribution < -0.4 is 10.5 Å². The molecule has 0 unspecified atom stereocenters. The molecule has 0 aliphatic carbocycles. The average molecular weight is 532 g/mol. The Morgan fingerprint density at radius 2 is 1.97 bits per heavy atom. The summed E-state index contributed by atoms with van der Waals surface area (Å²) in [5, 5.41) is 8.98. The number of fused-ring (bicyclic) bond motifs is 1. The Balaban J connectivity index is 1.73. The van der Waals surface area contributed by atoms with E-state index in [4.69, 9.17) is 27.0 Å². The number of rotatable bonds is 6. The second kappa shape index (κ2) is 10.7. The monoisotopic (exact) mass is 531 g/mol. The van der Waals surface area contributed by atoms with Gasteiger partial charge in [-0.2, -0.15) is 0 Å². The van der Waals surface area contributed by atoms with Gasteiger partial charge >= 0.3 is 12.1 Å². The molecule has 2 aromatic heterocycles. The Morgan fingerprint density at radius 1 is 1.25 bits per heavy atom. The number of piperazine rings is 1. The lowest BCUT2D eigenvalue weighted by Crippen LogP contribution is -2.49. The van der Waals surface area contributed by atoms with Crippen molar-refractivity contribution in [1.29, 1.82) is 0 Å². The maximum Gasteiger partial charge on any atom is 0.409 e. The molecule has 1 N–H and O–H groups in total. The summed E-state index contributed by atoms with van der Waals surface area (Å²) in [5.41, 5.74) is 1.19. The predicted molar refractivity (Wildman–Crippen MR) is 139 cm³/mol. The van der Waals surface area contributed by atoms with Crippen LogP contribution in [0.3, 0.4) is 0 Å². The van der Waals surface area contributed by atoms with Gasteiger partial charge in [0.05, 0.1) is 23.5 Å². The Hall–Kier alpha value is -3.45. The lowest BCUT2D eigenvalue weighted by atomic mass is 10.2. The first kappa shape index (κ1) is 25.6. The normalized spacial score (nSPS) is 17.4. The molecule has 2 aromatic rings. The number of thioether (sulfide) groups is 1. The fourth-order valence-electron chi connectivity index (χ4n) is 4.01. The lowest BCUT2D eigenvalue weighted by molar-refractivity contribution is -0.137. The number of pyridine rings is 1. The van der Waals surface area contributed by atoms with E-state index in [1.165, 1.54) is 15.4 Å². The first-order valence-corrected chi connectivity index (χ1v) is 12.6. The highest BCUT2D eigenvalue weighted by Crippen LogP contribution is 2.33. The van der Waals surface area contributed by atoms with E-state index in [0.29, 0.717) is 37.6 Å². The Labute approximate surface area is 216 Å². The van der Waals surface area contributed by atoms with Crippen molar-refractivity contribution in [2.24, 2.45) is 0 Å². The van der Waals surface area contributed by atoms with Crippen LogP contribution in [0.1, 0.15) is 24.5 Å². The van der Waals surface area contributed by atoms with Crippen molar-refractivity contribution in [3.05, 3.63) is 44.7 Å². The quantitative estimate of drug-likeness (QED) is 0.437. The highest BCUT2D eigenvalue weighted by molar-refractivity contribution is 8.26. The lowest BCUT2D eigenvalue weighted by Gasteiger charge is -2.35. The molecule has 2 aliphatic heterocycles. The molecule has 0 saturated carbocycles. The Kier molecular flexibility index (Phi) is 7.59. The summed E-state index contributed by atoms with van der Waals surface area (Å²) < 4.78 is 6.76. The van der Waals surface area contributed by atoms with E-state index in [-0.39, 0.29) is 46.0 Å². The fourth-order valence-corrected chi connectivity index (χ4v) is 5.31.